The predicted octanol–water partition coefficient (Wildman–Crippen LogP) is 3.28. The van der Waals surface area contributed by atoms with E-state index in [0.717, 1.165) is 29.2 Å². The molecule has 0 aliphatic heterocycles. The maximum absolute atomic E-state index is 12.0. The maximum atomic E-state index is 12.0. The number of carbonyl (C=O) groups is 1. The number of carbonyl (C=O) groups excluding carboxylic acids is 1. The number of hydrogen-bond donors (Lipinski definition) is 2. The highest BCUT2D eigenvalue weighted by molar-refractivity contribution is 7.80. The van der Waals surface area contributed by atoms with Crippen molar-refractivity contribution in [2.75, 3.05) is 0 Å². The van der Waals surface area contributed by atoms with Gasteiger partial charge >= 0.3 is 0 Å². The quantitative estimate of drug-likeness (QED) is 0.774. The molecular formula is C14H19NOS. The van der Waals surface area contributed by atoms with Gasteiger partial charge in [-0.2, -0.15) is 0 Å². The van der Waals surface area contributed by atoms with Crippen LogP contribution in [0.2, 0.25) is 0 Å². The van der Waals surface area contributed by atoms with Crippen molar-refractivity contribution in [3.8, 4) is 0 Å². The van der Waals surface area contributed by atoms with Crippen molar-refractivity contribution in [2.45, 2.75) is 43.5 Å². The first-order valence-corrected chi connectivity index (χ1v) is 6.70. The van der Waals surface area contributed by atoms with Crippen LogP contribution in [0.15, 0.2) is 29.2 Å². The van der Waals surface area contributed by atoms with Gasteiger partial charge in [-0.25, -0.2) is 0 Å². The van der Waals surface area contributed by atoms with Gasteiger partial charge in [0.25, 0.3) is 5.91 Å². The second kappa shape index (κ2) is 5.58. The average molecular weight is 249 g/mol. The van der Waals surface area contributed by atoms with Crippen molar-refractivity contribution in [3.05, 3.63) is 29.8 Å². The van der Waals surface area contributed by atoms with E-state index in [0.29, 0.717) is 6.04 Å². The SMILES string of the molecule is CC1CCCC(NC(=O)c2ccc(S)cc2)C1. The van der Waals surface area contributed by atoms with Gasteiger partial charge in [0.1, 0.15) is 0 Å². The number of rotatable bonds is 2. The molecule has 0 bridgehead atoms. The largest absolute Gasteiger partial charge is 0.349 e. The molecule has 17 heavy (non-hydrogen) atoms. The van der Waals surface area contributed by atoms with Crippen LogP contribution in [-0.2, 0) is 0 Å². The Hall–Kier alpha value is -0.960. The van der Waals surface area contributed by atoms with E-state index in [9.17, 15) is 4.79 Å². The third-order valence-electron chi connectivity index (χ3n) is 3.40. The Bertz CT molecular complexity index is 388. The summed E-state index contributed by atoms with van der Waals surface area (Å²) in [4.78, 5) is 12.9. The number of hydrogen-bond acceptors (Lipinski definition) is 2. The van der Waals surface area contributed by atoms with Gasteiger partial charge in [0.2, 0.25) is 0 Å². The van der Waals surface area contributed by atoms with Crippen LogP contribution in [0.3, 0.4) is 0 Å². The molecule has 0 aromatic heterocycles. The molecule has 1 aromatic rings. The lowest BCUT2D eigenvalue weighted by Gasteiger charge is -2.27. The van der Waals surface area contributed by atoms with E-state index in [-0.39, 0.29) is 5.91 Å². The molecule has 0 heterocycles. The first-order chi connectivity index (χ1) is 8.15. The minimum atomic E-state index is 0.0393. The zero-order chi connectivity index (χ0) is 12.3. The van der Waals surface area contributed by atoms with Gasteiger partial charge in [-0.05, 0) is 43.0 Å². The molecule has 2 unspecified atom stereocenters. The van der Waals surface area contributed by atoms with E-state index in [1.807, 2.05) is 24.3 Å². The molecule has 1 saturated carbocycles. The highest BCUT2D eigenvalue weighted by Crippen LogP contribution is 2.23. The topological polar surface area (TPSA) is 29.1 Å². The number of nitrogens with one attached hydrogen (secondary N) is 1. The lowest BCUT2D eigenvalue weighted by Crippen LogP contribution is -2.37. The van der Waals surface area contributed by atoms with E-state index in [1.54, 1.807) is 0 Å². The first-order valence-electron chi connectivity index (χ1n) is 6.25. The highest BCUT2D eigenvalue weighted by Gasteiger charge is 2.20. The molecule has 0 saturated heterocycles. The normalized spacial score (nSPS) is 24.4. The Balaban J connectivity index is 1.94. The fourth-order valence-corrected chi connectivity index (χ4v) is 2.60. The lowest BCUT2D eigenvalue weighted by molar-refractivity contribution is 0.0921. The van der Waals surface area contributed by atoms with Crippen molar-refractivity contribution in [1.29, 1.82) is 0 Å². The maximum Gasteiger partial charge on any atom is 0.251 e. The summed E-state index contributed by atoms with van der Waals surface area (Å²) in [5.74, 6) is 0.770. The Kier molecular flexibility index (Phi) is 4.11. The van der Waals surface area contributed by atoms with Crippen molar-refractivity contribution in [1.82, 2.24) is 5.32 Å². The van der Waals surface area contributed by atoms with Crippen LogP contribution in [0.5, 0.6) is 0 Å². The lowest BCUT2D eigenvalue weighted by atomic mass is 9.87. The van der Waals surface area contributed by atoms with Crippen LogP contribution in [0.25, 0.3) is 0 Å². The Labute approximate surface area is 108 Å². The van der Waals surface area contributed by atoms with Gasteiger partial charge in [-0.3, -0.25) is 4.79 Å². The van der Waals surface area contributed by atoms with E-state index >= 15 is 0 Å². The molecule has 2 nitrogen and oxygen atoms in total. The first kappa shape index (κ1) is 12.5. The second-order valence-corrected chi connectivity index (χ2v) is 5.51. The molecule has 2 atom stereocenters. The average Bonchev–Trinajstić information content (AvgIpc) is 2.29. The van der Waals surface area contributed by atoms with Crippen LogP contribution in [0, 0.1) is 5.92 Å². The standard InChI is InChI=1S/C14H19NOS/c1-10-3-2-4-12(9-10)15-14(16)11-5-7-13(17)8-6-11/h5-8,10,12,17H,2-4,9H2,1H3,(H,15,16). The summed E-state index contributed by atoms with van der Waals surface area (Å²) in [7, 11) is 0. The Morgan fingerprint density at radius 2 is 2.00 bits per heavy atom. The fourth-order valence-electron chi connectivity index (χ4n) is 2.45. The highest BCUT2D eigenvalue weighted by atomic mass is 32.1. The molecule has 0 spiro atoms. The fraction of sp³-hybridized carbons (Fsp3) is 0.500. The van der Waals surface area contributed by atoms with Gasteiger partial charge in [0.15, 0.2) is 0 Å². The molecule has 1 aliphatic carbocycles. The third kappa shape index (κ3) is 3.50. The van der Waals surface area contributed by atoms with Crippen LogP contribution < -0.4 is 5.32 Å². The summed E-state index contributed by atoms with van der Waals surface area (Å²) in [6.07, 6.45) is 4.74. The molecule has 1 aliphatic rings. The van der Waals surface area contributed by atoms with Gasteiger partial charge in [0, 0.05) is 16.5 Å². The molecule has 1 N–H and O–H groups in total. The predicted molar refractivity (Wildman–Crippen MR) is 72.6 cm³/mol. The minimum Gasteiger partial charge on any atom is -0.349 e. The Morgan fingerprint density at radius 1 is 1.29 bits per heavy atom. The summed E-state index contributed by atoms with van der Waals surface area (Å²) in [6, 6.07) is 7.69. The van der Waals surface area contributed by atoms with Gasteiger partial charge in [0.05, 0.1) is 0 Å². The second-order valence-electron chi connectivity index (χ2n) is 4.99. The summed E-state index contributed by atoms with van der Waals surface area (Å²) in [5, 5.41) is 3.12. The summed E-state index contributed by atoms with van der Waals surface area (Å²) < 4.78 is 0. The molecular weight excluding hydrogens is 230 g/mol. The Morgan fingerprint density at radius 3 is 2.65 bits per heavy atom. The van der Waals surface area contributed by atoms with Crippen molar-refractivity contribution in [2.24, 2.45) is 5.92 Å². The van der Waals surface area contributed by atoms with Gasteiger partial charge < -0.3 is 5.32 Å². The van der Waals surface area contributed by atoms with Gasteiger partial charge in [-0.15, -0.1) is 12.6 Å². The van der Waals surface area contributed by atoms with E-state index in [2.05, 4.69) is 24.9 Å². The molecule has 1 aromatic carbocycles. The van der Waals surface area contributed by atoms with Crippen LogP contribution >= 0.6 is 12.6 Å². The van der Waals surface area contributed by atoms with Crippen molar-refractivity contribution in [3.63, 3.8) is 0 Å². The van der Waals surface area contributed by atoms with E-state index in [4.69, 9.17) is 0 Å². The minimum absolute atomic E-state index is 0.0393. The number of benzene rings is 1. The van der Waals surface area contributed by atoms with Crippen molar-refractivity contribution < 1.29 is 4.79 Å². The zero-order valence-corrected chi connectivity index (χ0v) is 11.0. The van der Waals surface area contributed by atoms with Crippen LogP contribution in [0.1, 0.15) is 43.0 Å². The molecule has 0 radical (unpaired) electrons. The van der Waals surface area contributed by atoms with Crippen LogP contribution in [-0.4, -0.2) is 11.9 Å². The van der Waals surface area contributed by atoms with Crippen LogP contribution in [0.4, 0.5) is 0 Å². The summed E-state index contributed by atoms with van der Waals surface area (Å²) in [5.41, 5.74) is 0.723. The molecule has 3 heteroatoms. The molecule has 92 valence electrons. The number of thiol groups is 1. The molecule has 1 amide bonds. The summed E-state index contributed by atoms with van der Waals surface area (Å²) >= 11 is 4.21. The monoisotopic (exact) mass is 249 g/mol. The van der Waals surface area contributed by atoms with Crippen molar-refractivity contribution >= 4 is 18.5 Å². The number of amides is 1. The third-order valence-corrected chi connectivity index (χ3v) is 3.70. The summed E-state index contributed by atoms with van der Waals surface area (Å²) in [6.45, 7) is 2.26. The zero-order valence-electron chi connectivity index (χ0n) is 10.1. The smallest absolute Gasteiger partial charge is 0.251 e. The molecule has 1 fully saturated rings. The van der Waals surface area contributed by atoms with E-state index < -0.39 is 0 Å². The van der Waals surface area contributed by atoms with Gasteiger partial charge in [-0.1, -0.05) is 19.8 Å². The molecule has 2 rings (SSSR count). The van der Waals surface area contributed by atoms with E-state index in [1.165, 1.54) is 12.8 Å².